The molecule has 0 aliphatic carbocycles. The van der Waals surface area contributed by atoms with Crippen LogP contribution in [0.15, 0.2) is 141 Å². The van der Waals surface area contributed by atoms with Crippen molar-refractivity contribution >= 4 is 36.1 Å². The molecule has 0 saturated carbocycles. The molecule has 0 saturated heterocycles. The minimum atomic E-state index is -3.49. The molecule has 0 spiro atoms. The Hall–Kier alpha value is -7.98. The fraction of sp³-hybridized carbons (Fsp3) is 0.244. The van der Waals surface area contributed by atoms with Gasteiger partial charge < -0.3 is 19.3 Å². The normalized spacial score (nSPS) is 14.2. The van der Waals surface area contributed by atoms with Crippen LogP contribution in [0.2, 0.25) is 0 Å². The first-order chi connectivity index (χ1) is 29.5. The van der Waals surface area contributed by atoms with Crippen LogP contribution >= 0.6 is 0 Å². The molecular weight excluding hydrogens is 785 g/mol. The van der Waals surface area contributed by atoms with Crippen LogP contribution in [0.4, 0.5) is 0 Å². The molecule has 1 N–H and O–H groups in total. The van der Waals surface area contributed by atoms with Crippen LogP contribution in [0.5, 0.6) is 17.8 Å². The third-order valence-corrected chi connectivity index (χ3v) is 10.5. The number of isocyanates is 4. The van der Waals surface area contributed by atoms with Gasteiger partial charge in [0.15, 0.2) is 0 Å². The molecule has 5 aromatic rings. The Morgan fingerprint density at radius 3 is 1.49 bits per heavy atom. The molecule has 2 unspecified atom stereocenters. The molecule has 16 heteroatoms. The summed E-state index contributed by atoms with van der Waals surface area (Å²) in [7, 11) is 2.75. The average molecular weight is 823 g/mol. The van der Waals surface area contributed by atoms with Crippen LogP contribution < -0.4 is 14.2 Å². The van der Waals surface area contributed by atoms with Crippen molar-refractivity contribution in [2.24, 2.45) is 20.0 Å². The Kier molecular flexibility index (Phi) is 13.9. The van der Waals surface area contributed by atoms with Gasteiger partial charge in [0, 0.05) is 6.42 Å². The van der Waals surface area contributed by atoms with E-state index >= 15 is 4.79 Å². The second-order valence-corrected chi connectivity index (χ2v) is 13.4. The Labute approximate surface area is 349 Å². The molecule has 5 rings (SSSR count). The summed E-state index contributed by atoms with van der Waals surface area (Å²) >= 11 is 0. The quantitative estimate of drug-likeness (QED) is 0.0736. The van der Waals surface area contributed by atoms with Crippen molar-refractivity contribution in [1.82, 2.24) is 9.97 Å². The Balaban J connectivity index is 2.11. The van der Waals surface area contributed by atoms with Gasteiger partial charge in [0.05, 0.1) is 25.7 Å². The number of carbonyl (C=O) groups is 2. The van der Waals surface area contributed by atoms with E-state index in [1.807, 2.05) is 0 Å². The number of hydrogen-bond acceptors (Lipinski definition) is 15. The van der Waals surface area contributed by atoms with Crippen LogP contribution in [-0.2, 0) is 39.6 Å². The number of aromatic nitrogens is 2. The molecule has 1 aromatic heterocycles. The van der Waals surface area contributed by atoms with Crippen LogP contribution in [0.25, 0.3) is 0 Å². The van der Waals surface area contributed by atoms with E-state index in [-0.39, 0.29) is 46.4 Å². The van der Waals surface area contributed by atoms with Gasteiger partial charge in [0.1, 0.15) is 11.5 Å². The van der Waals surface area contributed by atoms with E-state index < -0.39 is 46.4 Å². The van der Waals surface area contributed by atoms with Crippen molar-refractivity contribution < 1.29 is 48.1 Å². The molecule has 0 fully saturated rings. The number of aliphatic carboxylic acids is 1. The molecule has 0 aliphatic heterocycles. The number of methoxy groups -OCH3 is 2. The smallest absolute Gasteiger partial charge is 0.357 e. The molecule has 0 bridgehead atoms. The Bertz CT molecular complexity index is 2460. The first-order valence-corrected chi connectivity index (χ1v) is 18.6. The van der Waals surface area contributed by atoms with E-state index in [4.69, 9.17) is 14.2 Å². The van der Waals surface area contributed by atoms with E-state index in [0.717, 1.165) is 0 Å². The highest BCUT2D eigenvalue weighted by molar-refractivity contribution is 6.09. The number of aryl methyl sites for hydroxylation is 1. The van der Waals surface area contributed by atoms with Gasteiger partial charge in [-0.25, -0.2) is 24.0 Å². The standard InChI is InChI=1S/C45H38N6O10/c1-5-35(61-41-50-37(59-3)25-38(51-41)60-4)26-42(32-18-9-6-10-19-32,36-24-16-15-17-31(36)2)44(46-27-52,47-28-53)39(56)43(33-20-11-7-12-21-33,34-22-13-8-14-23-34)45(40(57)58,48-29-54)49-30-55/h6-25,35H,5,26H2,1-4H3,(H,57,58). The third kappa shape index (κ3) is 7.70. The Morgan fingerprint density at radius 1 is 0.656 bits per heavy atom. The number of ketones is 1. The molecule has 4 aromatic carbocycles. The summed E-state index contributed by atoms with van der Waals surface area (Å²) in [4.78, 5) is 107. The molecule has 61 heavy (non-hydrogen) atoms. The maximum Gasteiger partial charge on any atom is 0.357 e. The lowest BCUT2D eigenvalue weighted by atomic mass is 9.53. The van der Waals surface area contributed by atoms with Crippen LogP contribution in [0.3, 0.4) is 0 Å². The highest BCUT2D eigenvalue weighted by atomic mass is 16.5. The number of carboxylic acids is 1. The molecule has 0 amide bonds. The fourth-order valence-corrected chi connectivity index (χ4v) is 7.95. The van der Waals surface area contributed by atoms with E-state index in [1.165, 1.54) is 93.1 Å². The zero-order valence-electron chi connectivity index (χ0n) is 33.3. The maximum absolute atomic E-state index is 17.0. The van der Waals surface area contributed by atoms with E-state index in [9.17, 15) is 29.1 Å². The lowest BCUT2D eigenvalue weighted by Gasteiger charge is -2.51. The van der Waals surface area contributed by atoms with Crippen LogP contribution in [-0.4, -0.2) is 82.8 Å². The molecule has 16 nitrogen and oxygen atoms in total. The van der Waals surface area contributed by atoms with Gasteiger partial charge in [-0.05, 0) is 41.2 Å². The Morgan fingerprint density at radius 2 is 1.08 bits per heavy atom. The van der Waals surface area contributed by atoms with E-state index in [0.29, 0.717) is 5.56 Å². The molecular formula is C45H38N6O10. The number of benzene rings is 4. The first kappa shape index (κ1) is 44.1. The van der Waals surface area contributed by atoms with Crippen molar-refractivity contribution in [3.63, 3.8) is 0 Å². The van der Waals surface area contributed by atoms with Crippen molar-refractivity contribution in [3.05, 3.63) is 149 Å². The predicted octanol–water partition coefficient (Wildman–Crippen LogP) is 5.71. The number of hydrogen-bond donors (Lipinski definition) is 1. The second kappa shape index (κ2) is 19.2. The predicted molar refractivity (Wildman–Crippen MR) is 217 cm³/mol. The molecule has 0 aliphatic rings. The minimum absolute atomic E-state index is 0.0811. The van der Waals surface area contributed by atoms with Gasteiger partial charge in [0.25, 0.3) is 5.66 Å². The van der Waals surface area contributed by atoms with Gasteiger partial charge >= 0.3 is 12.0 Å². The van der Waals surface area contributed by atoms with Crippen LogP contribution in [0.1, 0.15) is 47.6 Å². The number of carbonyl (C=O) groups excluding carboxylic acids is 5. The summed E-state index contributed by atoms with van der Waals surface area (Å²) in [6, 6.07) is 30.2. The summed E-state index contributed by atoms with van der Waals surface area (Å²) < 4.78 is 17.1. The SMILES string of the molecule is CCC(CC(c1ccccc1)(c1ccccc1C)C(N=C=O)(N=C=O)C(=O)C(c1ccccc1)(c1ccccc1)C(N=C=O)(N=C=O)C(=O)O)Oc1nc(OC)cc(OC)n1. The number of nitrogens with zero attached hydrogens (tertiary/aromatic N) is 6. The lowest BCUT2D eigenvalue weighted by molar-refractivity contribution is -0.150. The van der Waals surface area contributed by atoms with Gasteiger partial charge in [-0.1, -0.05) is 122 Å². The van der Waals surface area contributed by atoms with Crippen molar-refractivity contribution in [1.29, 1.82) is 0 Å². The number of carboxylic acid groups (broad SMARTS) is 1. The van der Waals surface area contributed by atoms with E-state index in [2.05, 4.69) is 29.9 Å². The summed E-state index contributed by atoms with van der Waals surface area (Å²) in [5.41, 5.74) is -11.4. The summed E-state index contributed by atoms with van der Waals surface area (Å²) in [5, 5.41) is 11.3. The third-order valence-electron chi connectivity index (χ3n) is 10.5. The van der Waals surface area contributed by atoms with Crippen LogP contribution in [0, 0.1) is 6.92 Å². The first-order valence-electron chi connectivity index (χ1n) is 18.6. The molecule has 2 atom stereocenters. The summed E-state index contributed by atoms with van der Waals surface area (Å²) in [6.45, 7) is 3.45. The largest absolute Gasteiger partial charge is 0.481 e. The van der Waals surface area contributed by atoms with Gasteiger partial charge in [-0.2, -0.15) is 29.9 Å². The molecule has 0 radical (unpaired) electrons. The topological polar surface area (TPSA) is 226 Å². The summed E-state index contributed by atoms with van der Waals surface area (Å²) in [5.74, 6) is -3.42. The fourth-order valence-electron chi connectivity index (χ4n) is 7.95. The highest BCUT2D eigenvalue weighted by Gasteiger charge is 2.74. The zero-order chi connectivity index (χ0) is 44.1. The van der Waals surface area contributed by atoms with Gasteiger partial charge in [0.2, 0.25) is 47.5 Å². The maximum atomic E-state index is 17.0. The molecule has 1 heterocycles. The molecule has 308 valence electrons. The number of ether oxygens (including phenoxy) is 3. The minimum Gasteiger partial charge on any atom is -0.481 e. The van der Waals surface area contributed by atoms with Gasteiger partial charge in [-0.15, -0.1) is 0 Å². The monoisotopic (exact) mass is 822 g/mol. The zero-order valence-corrected chi connectivity index (χ0v) is 33.3. The lowest BCUT2D eigenvalue weighted by Crippen LogP contribution is -2.69. The number of aliphatic imine (C=N–C) groups is 4. The average Bonchev–Trinajstić information content (AvgIpc) is 3.29. The summed E-state index contributed by atoms with van der Waals surface area (Å²) in [6.07, 6.45) is 3.93. The second-order valence-electron chi connectivity index (χ2n) is 13.4. The van der Waals surface area contributed by atoms with Gasteiger partial charge in [-0.3, -0.25) is 4.79 Å². The van der Waals surface area contributed by atoms with Crippen molar-refractivity contribution in [3.8, 4) is 17.8 Å². The van der Waals surface area contributed by atoms with Crippen molar-refractivity contribution in [2.45, 2.75) is 54.9 Å². The number of rotatable bonds is 20. The van der Waals surface area contributed by atoms with E-state index in [1.54, 1.807) is 80.6 Å². The number of Topliss-reactive ketones (excluding diaryl/α,β-unsaturated/α-hetero) is 1. The van der Waals surface area contributed by atoms with Crippen molar-refractivity contribution in [2.75, 3.05) is 14.2 Å². The highest BCUT2D eigenvalue weighted by Crippen LogP contribution is 2.57.